The Labute approximate surface area is 135 Å². The molecule has 0 amide bonds. The van der Waals surface area contributed by atoms with E-state index in [-0.39, 0.29) is 0 Å². The molecule has 3 nitrogen and oxygen atoms in total. The zero-order valence-corrected chi connectivity index (χ0v) is 12.7. The third kappa shape index (κ3) is 2.21. The Morgan fingerprint density at radius 2 is 1.13 bits per heavy atom. The van der Waals surface area contributed by atoms with Crippen LogP contribution in [0.25, 0.3) is 0 Å². The highest BCUT2D eigenvalue weighted by Crippen LogP contribution is 2.43. The Morgan fingerprint density at radius 3 is 1.65 bits per heavy atom. The average Bonchev–Trinajstić information content (AvgIpc) is 3.10. The van der Waals surface area contributed by atoms with Gasteiger partial charge in [0, 0.05) is 16.8 Å². The van der Waals surface area contributed by atoms with Crippen LogP contribution in [0, 0.1) is 0 Å². The highest BCUT2D eigenvalue weighted by atomic mass is 15.5. The summed E-state index contributed by atoms with van der Waals surface area (Å²) in [4.78, 5) is 2.25. The van der Waals surface area contributed by atoms with Gasteiger partial charge in [-0.2, -0.15) is 10.2 Å². The highest BCUT2D eigenvalue weighted by molar-refractivity contribution is 5.56. The Kier molecular flexibility index (Phi) is 3.39. The average molecular weight is 299 g/mol. The lowest BCUT2D eigenvalue weighted by atomic mass is 9.90. The number of rotatable bonds is 3. The summed E-state index contributed by atoms with van der Waals surface area (Å²) in [5.74, 6) is 0. The van der Waals surface area contributed by atoms with Crippen LogP contribution in [0.1, 0.15) is 11.1 Å². The molecule has 112 valence electrons. The van der Waals surface area contributed by atoms with Crippen molar-refractivity contribution in [3.8, 4) is 0 Å². The van der Waals surface area contributed by atoms with Gasteiger partial charge in [-0.1, -0.05) is 78.9 Å². The van der Waals surface area contributed by atoms with Crippen LogP contribution in [0.4, 0.5) is 5.69 Å². The van der Waals surface area contributed by atoms with Crippen molar-refractivity contribution < 1.29 is 0 Å². The maximum Gasteiger partial charge on any atom is 0.205 e. The molecule has 0 N–H and O–H groups in total. The van der Waals surface area contributed by atoms with Gasteiger partial charge in [-0.3, -0.25) is 0 Å². The van der Waals surface area contributed by atoms with Gasteiger partial charge in [-0.05, 0) is 12.1 Å². The summed E-state index contributed by atoms with van der Waals surface area (Å²) in [5, 5.41) is 9.11. The van der Waals surface area contributed by atoms with E-state index in [0.29, 0.717) is 6.67 Å². The van der Waals surface area contributed by atoms with E-state index < -0.39 is 5.66 Å². The largest absolute Gasteiger partial charge is 0.317 e. The molecule has 1 aliphatic heterocycles. The maximum atomic E-state index is 4.72. The Balaban J connectivity index is 1.94. The third-order valence-electron chi connectivity index (χ3n) is 4.23. The molecule has 0 fully saturated rings. The fourth-order valence-electron chi connectivity index (χ4n) is 3.16. The van der Waals surface area contributed by atoms with Crippen molar-refractivity contribution in [1.29, 1.82) is 0 Å². The summed E-state index contributed by atoms with van der Waals surface area (Å²) < 4.78 is 0. The molecule has 3 heteroatoms. The number of hydrogen-bond donors (Lipinski definition) is 0. The molecular formula is C20H17N3. The zero-order chi connectivity index (χ0) is 15.5. The third-order valence-corrected chi connectivity index (χ3v) is 4.23. The van der Waals surface area contributed by atoms with E-state index in [4.69, 9.17) is 5.11 Å². The van der Waals surface area contributed by atoms with Gasteiger partial charge in [0.15, 0.2) is 0 Å². The van der Waals surface area contributed by atoms with Crippen LogP contribution in [-0.2, 0) is 5.66 Å². The fraction of sp³-hybridized carbons (Fsp3) is 0.100. The standard InChI is InChI=1S/C20H17N3/c1-4-10-17(11-5-1)20(18-12-6-2-7-13-18)22-21-16-23(20)19-14-8-3-9-15-19/h1-15H,16H2. The Morgan fingerprint density at radius 1 is 0.652 bits per heavy atom. The topological polar surface area (TPSA) is 28.0 Å². The van der Waals surface area contributed by atoms with E-state index in [1.165, 1.54) is 0 Å². The molecule has 0 radical (unpaired) electrons. The van der Waals surface area contributed by atoms with Gasteiger partial charge in [-0.15, -0.1) is 0 Å². The molecular weight excluding hydrogens is 282 g/mol. The molecule has 1 heterocycles. The molecule has 4 rings (SSSR count). The van der Waals surface area contributed by atoms with E-state index >= 15 is 0 Å². The molecule has 0 saturated carbocycles. The summed E-state index contributed by atoms with van der Waals surface area (Å²) in [7, 11) is 0. The molecule has 1 aliphatic rings. The van der Waals surface area contributed by atoms with Crippen LogP contribution in [0.5, 0.6) is 0 Å². The first-order valence-corrected chi connectivity index (χ1v) is 7.74. The van der Waals surface area contributed by atoms with E-state index in [1.54, 1.807) is 0 Å². The van der Waals surface area contributed by atoms with E-state index in [9.17, 15) is 0 Å². The SMILES string of the molecule is c1ccc(N2CN=NC2(c2ccccc2)c2ccccc2)cc1. The van der Waals surface area contributed by atoms with E-state index in [2.05, 4.69) is 82.8 Å². The summed E-state index contributed by atoms with van der Waals surface area (Å²) >= 11 is 0. The number of hydrogen-bond acceptors (Lipinski definition) is 3. The van der Waals surface area contributed by atoms with Crippen molar-refractivity contribution in [3.63, 3.8) is 0 Å². The fourth-order valence-corrected chi connectivity index (χ4v) is 3.16. The molecule has 0 atom stereocenters. The number of nitrogens with zero attached hydrogens (tertiary/aromatic N) is 3. The van der Waals surface area contributed by atoms with E-state index in [0.717, 1.165) is 16.8 Å². The monoisotopic (exact) mass is 299 g/mol. The number of anilines is 1. The lowest BCUT2D eigenvalue weighted by Gasteiger charge is -2.37. The van der Waals surface area contributed by atoms with Crippen LogP contribution in [0.15, 0.2) is 101 Å². The minimum atomic E-state index is -0.607. The van der Waals surface area contributed by atoms with Crippen molar-refractivity contribution >= 4 is 5.69 Å². The molecule has 23 heavy (non-hydrogen) atoms. The predicted molar refractivity (Wildman–Crippen MR) is 92.3 cm³/mol. The summed E-state index contributed by atoms with van der Waals surface area (Å²) in [6.07, 6.45) is 0. The maximum absolute atomic E-state index is 4.72. The second-order valence-electron chi connectivity index (χ2n) is 5.55. The van der Waals surface area contributed by atoms with Crippen LogP contribution in [-0.4, -0.2) is 6.67 Å². The van der Waals surface area contributed by atoms with Gasteiger partial charge in [0.25, 0.3) is 0 Å². The first-order chi connectivity index (χ1) is 11.4. The van der Waals surface area contributed by atoms with Crippen LogP contribution in [0.2, 0.25) is 0 Å². The van der Waals surface area contributed by atoms with Crippen molar-refractivity contribution in [2.45, 2.75) is 5.66 Å². The molecule has 0 aliphatic carbocycles. The minimum Gasteiger partial charge on any atom is -0.317 e. The molecule has 3 aromatic rings. The molecule has 0 unspecified atom stereocenters. The summed E-state index contributed by atoms with van der Waals surface area (Å²) in [6, 6.07) is 31.1. The first-order valence-electron chi connectivity index (χ1n) is 7.74. The first kappa shape index (κ1) is 13.7. The number of azo groups is 1. The Hall–Kier alpha value is -2.94. The van der Waals surface area contributed by atoms with Gasteiger partial charge in [0.2, 0.25) is 5.66 Å². The minimum absolute atomic E-state index is 0.549. The predicted octanol–water partition coefficient (Wildman–Crippen LogP) is 4.82. The van der Waals surface area contributed by atoms with Gasteiger partial charge >= 0.3 is 0 Å². The highest BCUT2D eigenvalue weighted by Gasteiger charge is 2.44. The molecule has 0 aromatic heterocycles. The molecule has 0 saturated heterocycles. The van der Waals surface area contributed by atoms with Gasteiger partial charge in [0.1, 0.15) is 6.67 Å². The summed E-state index contributed by atoms with van der Waals surface area (Å²) in [5.41, 5.74) is 2.75. The smallest absolute Gasteiger partial charge is 0.205 e. The van der Waals surface area contributed by atoms with Gasteiger partial charge in [0.05, 0.1) is 0 Å². The summed E-state index contributed by atoms with van der Waals surface area (Å²) in [6.45, 7) is 0.549. The van der Waals surface area contributed by atoms with Crippen LogP contribution in [0.3, 0.4) is 0 Å². The lowest BCUT2D eigenvalue weighted by Crippen LogP contribution is -2.42. The van der Waals surface area contributed by atoms with E-state index in [1.807, 2.05) is 18.2 Å². The van der Waals surface area contributed by atoms with Crippen molar-refractivity contribution in [2.24, 2.45) is 10.2 Å². The lowest BCUT2D eigenvalue weighted by molar-refractivity contribution is 0.547. The van der Waals surface area contributed by atoms with Gasteiger partial charge < -0.3 is 4.90 Å². The molecule has 0 bridgehead atoms. The molecule has 3 aromatic carbocycles. The van der Waals surface area contributed by atoms with Crippen molar-refractivity contribution in [3.05, 3.63) is 102 Å². The Bertz CT molecular complexity index is 759. The van der Waals surface area contributed by atoms with Crippen LogP contribution < -0.4 is 4.90 Å². The van der Waals surface area contributed by atoms with Crippen molar-refractivity contribution in [1.82, 2.24) is 0 Å². The quantitative estimate of drug-likeness (QED) is 0.681. The zero-order valence-electron chi connectivity index (χ0n) is 12.7. The number of para-hydroxylation sites is 1. The molecule has 0 spiro atoms. The number of benzene rings is 3. The van der Waals surface area contributed by atoms with Gasteiger partial charge in [-0.25, -0.2) is 0 Å². The van der Waals surface area contributed by atoms with Crippen LogP contribution >= 0.6 is 0 Å². The second kappa shape index (κ2) is 5.69. The van der Waals surface area contributed by atoms with Crippen molar-refractivity contribution in [2.75, 3.05) is 11.6 Å². The second-order valence-corrected chi connectivity index (χ2v) is 5.55. The normalized spacial score (nSPS) is 15.7.